The monoisotopic (exact) mass is 712 g/mol. The molecule has 0 heterocycles. The van der Waals surface area contributed by atoms with E-state index in [-0.39, 0.29) is 76.6 Å². The van der Waals surface area contributed by atoms with Crippen molar-refractivity contribution in [2.75, 3.05) is 21.3 Å². The minimum absolute atomic E-state index is 0.0253. The second-order valence-electron chi connectivity index (χ2n) is 18.2. The van der Waals surface area contributed by atoms with Gasteiger partial charge >= 0.3 is 17.9 Å². The lowest BCUT2D eigenvalue weighted by Gasteiger charge is -2.71. The molecule has 5 rings (SSSR count). The second-order valence-corrected chi connectivity index (χ2v) is 18.2. The molecule has 0 saturated heterocycles. The van der Waals surface area contributed by atoms with E-state index >= 15 is 0 Å². The fraction of sp³-hybridized carbons (Fsp3) is 0.829. The third-order valence-electron chi connectivity index (χ3n) is 16.0. The lowest BCUT2D eigenvalue weighted by molar-refractivity contribution is -0.190. The normalized spacial score (nSPS) is 40.0. The van der Waals surface area contributed by atoms with Gasteiger partial charge in [-0.3, -0.25) is 19.2 Å². The molecule has 5 aliphatic carbocycles. The number of hydrogen-bond acceptors (Lipinski definition) is 8. The molecule has 0 aromatic heterocycles. The maximum atomic E-state index is 14.6. The number of carbonyl (C=O) groups is 5. The summed E-state index contributed by atoms with van der Waals surface area (Å²) in [5.74, 6) is -0.186. The minimum Gasteiger partial charge on any atom is -0.469 e. The summed E-state index contributed by atoms with van der Waals surface area (Å²) >= 11 is 0. The minimum atomic E-state index is -1.10. The van der Waals surface area contributed by atoms with Gasteiger partial charge in [-0.05, 0) is 109 Å². The SMILES string of the molecule is COC(=O)CCC(=O)N[C@H]1CC[C@]2(C)[C@H]3CC=C4[C@@H]5[C@@H](C)[C@H](C)CC[C@]5(C(=O)NC(CC(=O)OC)C(=O)OC)CC[C@@]4(C)[C@]3(C)CC[C@H]2C1(C)C. The maximum absolute atomic E-state index is 14.6. The maximum Gasteiger partial charge on any atom is 0.328 e. The van der Waals surface area contributed by atoms with Crippen LogP contribution in [0.2, 0.25) is 0 Å². The van der Waals surface area contributed by atoms with Crippen molar-refractivity contribution in [3.05, 3.63) is 11.6 Å². The van der Waals surface area contributed by atoms with Crippen LogP contribution in [0.5, 0.6) is 0 Å². The zero-order valence-corrected chi connectivity index (χ0v) is 32.9. The molecule has 0 spiro atoms. The summed E-state index contributed by atoms with van der Waals surface area (Å²) < 4.78 is 14.6. The zero-order chi connectivity index (χ0) is 37.7. The van der Waals surface area contributed by atoms with Crippen LogP contribution in [0.3, 0.4) is 0 Å². The predicted octanol–water partition coefficient (Wildman–Crippen LogP) is 6.30. The predicted molar refractivity (Wildman–Crippen MR) is 193 cm³/mol. The molecule has 0 aromatic carbocycles. The summed E-state index contributed by atoms with van der Waals surface area (Å²) in [4.78, 5) is 64.2. The molecular weight excluding hydrogens is 648 g/mol. The largest absolute Gasteiger partial charge is 0.469 e. The Morgan fingerprint density at radius 3 is 2.14 bits per heavy atom. The molecule has 51 heavy (non-hydrogen) atoms. The number of carbonyl (C=O) groups excluding carboxylic acids is 5. The van der Waals surface area contributed by atoms with Crippen molar-refractivity contribution in [1.82, 2.24) is 10.6 Å². The average Bonchev–Trinajstić information content (AvgIpc) is 3.09. The van der Waals surface area contributed by atoms with Gasteiger partial charge in [0.15, 0.2) is 0 Å². The van der Waals surface area contributed by atoms with E-state index in [1.165, 1.54) is 26.9 Å². The second kappa shape index (κ2) is 14.1. The third-order valence-corrected chi connectivity index (χ3v) is 16.0. The van der Waals surface area contributed by atoms with Crippen LogP contribution in [0.15, 0.2) is 11.6 Å². The van der Waals surface area contributed by atoms with Crippen LogP contribution in [-0.4, -0.2) is 63.1 Å². The molecule has 11 atom stereocenters. The first-order chi connectivity index (χ1) is 23.9. The van der Waals surface area contributed by atoms with Gasteiger partial charge in [0.2, 0.25) is 11.8 Å². The van der Waals surface area contributed by atoms with Gasteiger partial charge in [-0.25, -0.2) is 4.79 Å². The van der Waals surface area contributed by atoms with Gasteiger partial charge in [-0.15, -0.1) is 0 Å². The summed E-state index contributed by atoms with van der Waals surface area (Å²) in [7, 11) is 3.89. The molecule has 1 unspecified atom stereocenters. The van der Waals surface area contributed by atoms with E-state index in [0.717, 1.165) is 57.8 Å². The highest BCUT2D eigenvalue weighted by Crippen LogP contribution is 2.75. The van der Waals surface area contributed by atoms with Crippen LogP contribution in [-0.2, 0) is 38.2 Å². The van der Waals surface area contributed by atoms with Crippen molar-refractivity contribution in [1.29, 1.82) is 0 Å². The summed E-state index contributed by atoms with van der Waals surface area (Å²) in [5.41, 5.74) is 0.646. The van der Waals surface area contributed by atoms with Crippen LogP contribution in [0.4, 0.5) is 0 Å². The van der Waals surface area contributed by atoms with Crippen LogP contribution < -0.4 is 10.6 Å². The van der Waals surface area contributed by atoms with Crippen molar-refractivity contribution in [3.8, 4) is 0 Å². The molecule has 4 fully saturated rings. The van der Waals surface area contributed by atoms with Gasteiger partial charge in [0.05, 0.1) is 39.6 Å². The molecule has 4 saturated carbocycles. The van der Waals surface area contributed by atoms with Crippen LogP contribution in [0.1, 0.15) is 126 Å². The van der Waals surface area contributed by atoms with E-state index < -0.39 is 23.4 Å². The number of amides is 2. The zero-order valence-electron chi connectivity index (χ0n) is 32.9. The number of allylic oxidation sites excluding steroid dienone is 2. The van der Waals surface area contributed by atoms with E-state index in [9.17, 15) is 24.0 Å². The molecule has 10 nitrogen and oxygen atoms in total. The number of hydrogen-bond donors (Lipinski definition) is 2. The molecule has 0 radical (unpaired) electrons. The highest BCUT2D eigenvalue weighted by molar-refractivity contribution is 5.91. The van der Waals surface area contributed by atoms with Gasteiger partial charge in [-0.1, -0.05) is 60.1 Å². The van der Waals surface area contributed by atoms with Gasteiger partial charge in [-0.2, -0.15) is 0 Å². The summed E-state index contributed by atoms with van der Waals surface area (Å²) in [6.07, 6.45) is 10.8. The molecule has 5 aliphatic rings. The van der Waals surface area contributed by atoms with Crippen molar-refractivity contribution >= 4 is 29.7 Å². The Kier molecular flexibility index (Phi) is 10.9. The van der Waals surface area contributed by atoms with E-state index in [1.807, 2.05) is 0 Å². The van der Waals surface area contributed by atoms with Gasteiger partial charge in [0.1, 0.15) is 6.04 Å². The van der Waals surface area contributed by atoms with E-state index in [1.54, 1.807) is 0 Å². The Hall–Kier alpha value is -2.91. The van der Waals surface area contributed by atoms with Crippen LogP contribution >= 0.6 is 0 Å². The van der Waals surface area contributed by atoms with Gasteiger partial charge in [0, 0.05) is 12.5 Å². The number of methoxy groups -OCH3 is 3. The molecular formula is C41H64N2O8. The molecule has 2 amide bonds. The number of nitrogens with one attached hydrogen (secondary N) is 2. The Morgan fingerprint density at radius 2 is 1.49 bits per heavy atom. The number of esters is 3. The molecule has 0 aliphatic heterocycles. The lowest BCUT2D eigenvalue weighted by atomic mass is 9.33. The smallest absolute Gasteiger partial charge is 0.328 e. The van der Waals surface area contributed by atoms with Crippen molar-refractivity contribution in [3.63, 3.8) is 0 Å². The Balaban J connectivity index is 1.45. The summed E-state index contributed by atoms with van der Waals surface area (Å²) in [6.45, 7) is 16.8. The van der Waals surface area contributed by atoms with Crippen LogP contribution in [0.25, 0.3) is 0 Å². The number of ether oxygens (including phenoxy) is 3. The van der Waals surface area contributed by atoms with Crippen molar-refractivity contribution in [2.24, 2.45) is 56.7 Å². The number of rotatable bonds is 9. The summed E-state index contributed by atoms with van der Waals surface area (Å²) in [6, 6.07) is -1.05. The lowest BCUT2D eigenvalue weighted by Crippen LogP contribution is -2.67. The van der Waals surface area contributed by atoms with Gasteiger partial charge < -0.3 is 24.8 Å². The molecule has 0 bridgehead atoms. The first kappa shape index (κ1) is 39.3. The average molecular weight is 713 g/mol. The standard InChI is InChI=1S/C41H64N2O8/c1-24-15-20-41(36(48)42-27(35(47)51-10)23-33(46)50-9)22-21-39(6)26(34(41)25(24)2)11-12-29-38(5)18-17-30(43-31(44)13-14-32(45)49-8)37(3,4)28(38)16-19-40(29,39)7/h11,24-25,27-30,34H,12-23H2,1-10H3,(H,42,48)(H,43,44)/t24-,25+,27?,28+,29-,30+,34+,38+,39-,40-,41+/m1/s1. The highest BCUT2D eigenvalue weighted by atomic mass is 16.5. The Bertz CT molecular complexity index is 1440. The van der Waals surface area contributed by atoms with Crippen molar-refractivity contribution < 1.29 is 38.2 Å². The van der Waals surface area contributed by atoms with E-state index in [0.29, 0.717) is 17.8 Å². The first-order valence-electron chi connectivity index (χ1n) is 19.4. The molecule has 2 N–H and O–H groups in total. The molecule has 10 heteroatoms. The van der Waals surface area contributed by atoms with Crippen molar-refractivity contribution in [2.45, 2.75) is 138 Å². The summed E-state index contributed by atoms with van der Waals surface area (Å²) in [5, 5.41) is 6.31. The highest BCUT2D eigenvalue weighted by Gasteiger charge is 2.69. The fourth-order valence-electron chi connectivity index (χ4n) is 12.6. The van der Waals surface area contributed by atoms with E-state index in [4.69, 9.17) is 14.2 Å². The van der Waals surface area contributed by atoms with E-state index in [2.05, 4.69) is 65.2 Å². The topological polar surface area (TPSA) is 137 Å². The Labute approximate surface area is 305 Å². The van der Waals surface area contributed by atoms with Gasteiger partial charge in [0.25, 0.3) is 0 Å². The fourth-order valence-corrected chi connectivity index (χ4v) is 12.6. The third kappa shape index (κ3) is 6.32. The first-order valence-corrected chi connectivity index (χ1v) is 19.4. The number of fused-ring (bicyclic) bond motifs is 7. The molecule has 0 aromatic rings. The molecule has 286 valence electrons. The Morgan fingerprint density at radius 1 is 0.804 bits per heavy atom. The quantitative estimate of drug-likeness (QED) is 0.161. The van der Waals surface area contributed by atoms with Crippen LogP contribution in [0, 0.1) is 56.7 Å².